The second-order valence-electron chi connectivity index (χ2n) is 3.67. The number of anilines is 1. The van der Waals surface area contributed by atoms with Gasteiger partial charge in [-0.05, 0) is 30.3 Å². The Morgan fingerprint density at radius 2 is 2.17 bits per heavy atom. The van der Waals surface area contributed by atoms with Crippen LogP contribution in [0.1, 0.15) is 18.9 Å². The summed E-state index contributed by atoms with van der Waals surface area (Å²) in [7, 11) is 0. The van der Waals surface area contributed by atoms with Crippen LogP contribution in [0.2, 0.25) is 0 Å². The van der Waals surface area contributed by atoms with E-state index in [1.54, 1.807) is 6.20 Å². The molecule has 18 heavy (non-hydrogen) atoms. The summed E-state index contributed by atoms with van der Waals surface area (Å²) in [6, 6.07) is 5.81. The number of aromatic nitrogens is 3. The predicted molar refractivity (Wildman–Crippen MR) is 72.2 cm³/mol. The zero-order valence-electron chi connectivity index (χ0n) is 10.1. The Morgan fingerprint density at radius 1 is 1.28 bits per heavy atom. The van der Waals surface area contributed by atoms with E-state index in [1.807, 2.05) is 18.2 Å². The summed E-state index contributed by atoms with van der Waals surface area (Å²) in [4.78, 5) is 12.7. The third-order valence-electron chi connectivity index (χ3n) is 2.38. The zero-order chi connectivity index (χ0) is 12.8. The van der Waals surface area contributed by atoms with Crippen molar-refractivity contribution in [3.8, 4) is 0 Å². The van der Waals surface area contributed by atoms with Gasteiger partial charge in [0.2, 0.25) is 0 Å². The number of hydrogen-bond donors (Lipinski definition) is 2. The highest BCUT2D eigenvalue weighted by molar-refractivity contribution is 7.99. The van der Waals surface area contributed by atoms with Gasteiger partial charge in [-0.3, -0.25) is 0 Å². The zero-order valence-corrected chi connectivity index (χ0v) is 10.9. The van der Waals surface area contributed by atoms with Gasteiger partial charge in [-0.25, -0.2) is 20.8 Å². The number of hydrogen-bond acceptors (Lipinski definition) is 6. The molecule has 0 aliphatic carbocycles. The van der Waals surface area contributed by atoms with Crippen molar-refractivity contribution in [2.75, 3.05) is 5.43 Å². The fourth-order valence-corrected chi connectivity index (χ4v) is 2.47. The number of rotatable bonds is 5. The third kappa shape index (κ3) is 2.96. The molecule has 0 fully saturated rings. The predicted octanol–water partition coefficient (Wildman–Crippen LogP) is 2.26. The molecule has 0 bridgehead atoms. The number of nitrogens with one attached hydrogen (secondary N) is 1. The molecular formula is C12H15N5S. The van der Waals surface area contributed by atoms with Crippen LogP contribution in [-0.4, -0.2) is 15.0 Å². The van der Waals surface area contributed by atoms with Crippen LogP contribution in [0, 0.1) is 0 Å². The van der Waals surface area contributed by atoms with E-state index in [2.05, 4.69) is 27.3 Å². The number of nitrogen functional groups attached to an aromatic ring is 1. The minimum atomic E-state index is 0.685. The van der Waals surface area contributed by atoms with E-state index in [9.17, 15) is 0 Å². The van der Waals surface area contributed by atoms with Crippen LogP contribution in [0.15, 0.2) is 40.8 Å². The average molecular weight is 261 g/mol. The van der Waals surface area contributed by atoms with Crippen LogP contribution in [0.4, 0.5) is 5.82 Å². The summed E-state index contributed by atoms with van der Waals surface area (Å²) in [5, 5.41) is 1.81. The number of pyridine rings is 1. The maximum absolute atomic E-state index is 5.48. The van der Waals surface area contributed by atoms with Gasteiger partial charge < -0.3 is 5.43 Å². The van der Waals surface area contributed by atoms with E-state index >= 15 is 0 Å². The highest BCUT2D eigenvalue weighted by Crippen LogP contribution is 2.30. The maximum Gasteiger partial charge on any atom is 0.147 e. The van der Waals surface area contributed by atoms with Crippen molar-refractivity contribution in [2.24, 2.45) is 5.84 Å². The number of nitrogens with two attached hydrogens (primary N) is 1. The van der Waals surface area contributed by atoms with Crippen LogP contribution in [0.5, 0.6) is 0 Å². The van der Waals surface area contributed by atoms with E-state index in [-0.39, 0.29) is 0 Å². The lowest BCUT2D eigenvalue weighted by Gasteiger charge is -2.10. The van der Waals surface area contributed by atoms with Gasteiger partial charge in [0.25, 0.3) is 0 Å². The molecule has 0 unspecified atom stereocenters. The molecule has 0 spiro atoms. The van der Waals surface area contributed by atoms with Crippen LogP contribution in [0.25, 0.3) is 0 Å². The molecule has 3 N–H and O–H groups in total. The first-order valence-electron chi connectivity index (χ1n) is 5.74. The number of nitrogens with zero attached hydrogens (tertiary/aromatic N) is 3. The molecule has 5 nitrogen and oxygen atoms in total. The second kappa shape index (κ2) is 6.32. The first-order valence-corrected chi connectivity index (χ1v) is 6.56. The van der Waals surface area contributed by atoms with Gasteiger partial charge in [-0.1, -0.05) is 19.4 Å². The molecule has 0 aromatic carbocycles. The van der Waals surface area contributed by atoms with Crippen molar-refractivity contribution in [3.05, 3.63) is 36.3 Å². The van der Waals surface area contributed by atoms with Crippen molar-refractivity contribution in [3.63, 3.8) is 0 Å². The summed E-state index contributed by atoms with van der Waals surface area (Å²) >= 11 is 1.53. The highest BCUT2D eigenvalue weighted by Gasteiger charge is 2.11. The monoisotopic (exact) mass is 261 g/mol. The molecule has 6 heteroatoms. The first kappa shape index (κ1) is 12.8. The van der Waals surface area contributed by atoms with Crippen molar-refractivity contribution < 1.29 is 0 Å². The third-order valence-corrected chi connectivity index (χ3v) is 3.38. The minimum Gasteiger partial charge on any atom is -0.308 e. The summed E-state index contributed by atoms with van der Waals surface area (Å²) in [5.41, 5.74) is 3.66. The molecule has 2 aromatic heterocycles. The summed E-state index contributed by atoms with van der Waals surface area (Å²) in [5.74, 6) is 6.16. The average Bonchev–Trinajstić information content (AvgIpc) is 2.42. The number of hydrazine groups is 1. The molecule has 0 amide bonds. The van der Waals surface area contributed by atoms with Crippen molar-refractivity contribution in [1.82, 2.24) is 15.0 Å². The normalized spacial score (nSPS) is 10.3. The second-order valence-corrected chi connectivity index (χ2v) is 4.68. The summed E-state index contributed by atoms with van der Waals surface area (Å²) in [6.45, 7) is 2.11. The molecule has 0 atom stereocenters. The van der Waals surface area contributed by atoms with E-state index in [0.717, 1.165) is 28.5 Å². The lowest BCUT2D eigenvalue weighted by Crippen LogP contribution is -2.12. The Kier molecular flexibility index (Phi) is 4.49. The van der Waals surface area contributed by atoms with Crippen molar-refractivity contribution >= 4 is 17.6 Å². The maximum atomic E-state index is 5.48. The molecular weight excluding hydrogens is 246 g/mol. The van der Waals surface area contributed by atoms with E-state index in [0.29, 0.717) is 5.82 Å². The SMILES string of the molecule is CCCc1c(NN)ncnc1Sc1ccccn1. The van der Waals surface area contributed by atoms with E-state index in [4.69, 9.17) is 5.84 Å². The molecule has 0 saturated heterocycles. The molecule has 2 heterocycles. The molecule has 2 rings (SSSR count). The van der Waals surface area contributed by atoms with Gasteiger partial charge in [0.1, 0.15) is 22.2 Å². The lowest BCUT2D eigenvalue weighted by atomic mass is 10.2. The van der Waals surface area contributed by atoms with E-state index in [1.165, 1.54) is 18.1 Å². The van der Waals surface area contributed by atoms with Crippen LogP contribution < -0.4 is 11.3 Å². The van der Waals surface area contributed by atoms with Gasteiger partial charge in [0.05, 0.1) is 0 Å². The molecule has 0 saturated carbocycles. The summed E-state index contributed by atoms with van der Waals surface area (Å²) in [6.07, 6.45) is 5.18. The van der Waals surface area contributed by atoms with Crippen LogP contribution >= 0.6 is 11.8 Å². The Balaban J connectivity index is 2.32. The fourth-order valence-electron chi connectivity index (χ4n) is 1.59. The lowest BCUT2D eigenvalue weighted by molar-refractivity contribution is 0.855. The Labute approximate surface area is 110 Å². The van der Waals surface area contributed by atoms with Crippen LogP contribution in [0.3, 0.4) is 0 Å². The van der Waals surface area contributed by atoms with E-state index < -0.39 is 0 Å². The van der Waals surface area contributed by atoms with Gasteiger partial charge in [-0.15, -0.1) is 0 Å². The molecule has 94 valence electrons. The minimum absolute atomic E-state index is 0.685. The fraction of sp³-hybridized carbons (Fsp3) is 0.250. The molecule has 2 aromatic rings. The molecule has 0 aliphatic heterocycles. The topological polar surface area (TPSA) is 76.7 Å². The van der Waals surface area contributed by atoms with Crippen LogP contribution in [-0.2, 0) is 6.42 Å². The molecule has 0 aliphatic rings. The standard InChI is InChI=1S/C12H15N5S/c1-2-5-9-11(17-13)15-8-16-12(9)18-10-6-3-4-7-14-10/h3-4,6-8H,2,5,13H2,1H3,(H,15,16,17). The Bertz CT molecular complexity index is 503. The Hall–Kier alpha value is -1.66. The highest BCUT2D eigenvalue weighted by atomic mass is 32.2. The van der Waals surface area contributed by atoms with Gasteiger partial charge >= 0.3 is 0 Å². The molecule has 0 radical (unpaired) electrons. The van der Waals surface area contributed by atoms with Crippen molar-refractivity contribution in [1.29, 1.82) is 0 Å². The summed E-state index contributed by atoms with van der Waals surface area (Å²) < 4.78 is 0. The van der Waals surface area contributed by atoms with Gasteiger partial charge in [0, 0.05) is 11.8 Å². The Morgan fingerprint density at radius 3 is 2.83 bits per heavy atom. The van der Waals surface area contributed by atoms with Gasteiger partial charge in [0.15, 0.2) is 0 Å². The van der Waals surface area contributed by atoms with Gasteiger partial charge in [-0.2, -0.15) is 0 Å². The first-order chi connectivity index (χ1) is 8.85. The smallest absolute Gasteiger partial charge is 0.147 e. The largest absolute Gasteiger partial charge is 0.308 e. The van der Waals surface area contributed by atoms with Crippen molar-refractivity contribution in [2.45, 2.75) is 29.8 Å². The quantitative estimate of drug-likeness (QED) is 0.488.